The van der Waals surface area contributed by atoms with E-state index in [1.165, 1.54) is 6.92 Å². The fourth-order valence-electron chi connectivity index (χ4n) is 4.92. The number of amides is 4. The van der Waals surface area contributed by atoms with Gasteiger partial charge in [0.05, 0.1) is 11.8 Å². The Morgan fingerprint density at radius 2 is 1.47 bits per heavy atom. The molecule has 2 N–H and O–H groups in total. The second kappa shape index (κ2) is 8.93. The first-order chi connectivity index (χ1) is 15.2. The van der Waals surface area contributed by atoms with E-state index in [1.54, 1.807) is 24.3 Å². The van der Waals surface area contributed by atoms with Gasteiger partial charge >= 0.3 is 5.97 Å². The van der Waals surface area contributed by atoms with Crippen LogP contribution in [0.4, 0.5) is 11.4 Å². The Kier molecular flexibility index (Phi) is 6.39. The number of rotatable bonds is 6. The summed E-state index contributed by atoms with van der Waals surface area (Å²) in [5.74, 6) is -2.94. The maximum absolute atomic E-state index is 12.8. The summed E-state index contributed by atoms with van der Waals surface area (Å²) in [5.41, 5.74) is 1.04. The van der Waals surface area contributed by atoms with Crippen molar-refractivity contribution < 1.29 is 28.7 Å². The molecule has 11 heteroatoms. The number of nitrogens with zero attached hydrogens (tertiary/aromatic N) is 1. The van der Waals surface area contributed by atoms with Crippen molar-refractivity contribution in [2.75, 3.05) is 23.8 Å². The van der Waals surface area contributed by atoms with E-state index in [9.17, 15) is 24.0 Å². The first-order valence-corrected chi connectivity index (χ1v) is 12.0. The molecule has 1 aromatic rings. The number of nitrogens with one attached hydrogen (secondary N) is 2. The van der Waals surface area contributed by atoms with Gasteiger partial charge in [-0.05, 0) is 42.5 Å². The van der Waals surface area contributed by atoms with Crippen LogP contribution in [-0.2, 0) is 28.7 Å². The van der Waals surface area contributed by atoms with Gasteiger partial charge in [0.15, 0.2) is 6.61 Å². The number of imide groups is 1. The number of carbonyl (C=O) groups is 5. The molecule has 4 amide bonds. The SMILES string of the molecule is CC(=O)Nc1ccc(NC(=O)COC(=O)CN2C(=O)[C@@H]3[C@H]4C[C@@H]([C@H](Br)[C@@H]4Br)[C@@H]3C2=O)cc1. The second-order valence-electron chi connectivity index (χ2n) is 8.23. The second-order valence-corrected chi connectivity index (χ2v) is 10.3. The van der Waals surface area contributed by atoms with Crippen LogP contribution in [0.3, 0.4) is 0 Å². The Morgan fingerprint density at radius 3 is 1.97 bits per heavy atom. The van der Waals surface area contributed by atoms with Crippen LogP contribution in [0.15, 0.2) is 24.3 Å². The highest BCUT2D eigenvalue weighted by molar-refractivity contribution is 9.12. The summed E-state index contributed by atoms with van der Waals surface area (Å²) in [7, 11) is 0. The number of halogens is 2. The molecule has 1 aromatic carbocycles. The molecule has 0 unspecified atom stereocenters. The minimum absolute atomic E-state index is 0.0645. The number of carbonyl (C=O) groups excluding carboxylic acids is 5. The Morgan fingerprint density at radius 1 is 0.969 bits per heavy atom. The highest BCUT2D eigenvalue weighted by atomic mass is 79.9. The number of benzene rings is 1. The van der Waals surface area contributed by atoms with Crippen molar-refractivity contribution in [3.8, 4) is 0 Å². The third kappa shape index (κ3) is 4.19. The third-order valence-corrected chi connectivity index (χ3v) is 9.43. The number of likely N-dealkylation sites (tertiary alicyclic amines) is 1. The molecule has 9 nitrogen and oxygen atoms in total. The van der Waals surface area contributed by atoms with E-state index in [2.05, 4.69) is 42.5 Å². The predicted octanol–water partition coefficient (Wildman–Crippen LogP) is 1.90. The minimum Gasteiger partial charge on any atom is -0.454 e. The van der Waals surface area contributed by atoms with E-state index in [0.717, 1.165) is 11.3 Å². The molecule has 1 heterocycles. The number of fused-ring (bicyclic) bond motifs is 5. The molecule has 3 aliphatic rings. The molecule has 6 atom stereocenters. The number of esters is 1. The van der Waals surface area contributed by atoms with E-state index < -0.39 is 36.9 Å². The highest BCUT2D eigenvalue weighted by Gasteiger charge is 2.66. The van der Waals surface area contributed by atoms with Gasteiger partial charge in [0, 0.05) is 28.0 Å². The van der Waals surface area contributed by atoms with Gasteiger partial charge in [-0.2, -0.15) is 0 Å². The van der Waals surface area contributed by atoms with Gasteiger partial charge in [0.1, 0.15) is 6.54 Å². The van der Waals surface area contributed by atoms with Crippen molar-refractivity contribution >= 4 is 72.8 Å². The Labute approximate surface area is 200 Å². The summed E-state index contributed by atoms with van der Waals surface area (Å²) in [5, 5.41) is 5.17. The standard InChI is InChI=1S/C21H21Br2N3O6/c1-9(27)24-10-2-4-11(5-3-10)25-14(28)8-32-15(29)7-26-20(30)16-12-6-13(17(16)21(26)31)19(23)18(12)22/h2-5,12-13,16-19H,6-8H2,1H3,(H,24,27)(H,25,28)/t12-,13-,16-,17+,18-,19+/m1/s1. The molecule has 4 rings (SSSR count). The van der Waals surface area contributed by atoms with Gasteiger partial charge in [0.25, 0.3) is 5.91 Å². The van der Waals surface area contributed by atoms with Crippen LogP contribution in [-0.4, -0.2) is 57.3 Å². The summed E-state index contributed by atoms with van der Waals surface area (Å²) in [4.78, 5) is 62.1. The van der Waals surface area contributed by atoms with Crippen molar-refractivity contribution in [1.29, 1.82) is 0 Å². The molecule has 2 saturated carbocycles. The summed E-state index contributed by atoms with van der Waals surface area (Å²) >= 11 is 7.23. The Hall–Kier alpha value is -2.27. The molecule has 170 valence electrons. The Bertz CT molecular complexity index is 952. The number of ether oxygens (including phenoxy) is 1. The fourth-order valence-corrected chi connectivity index (χ4v) is 6.80. The lowest BCUT2D eigenvalue weighted by Crippen LogP contribution is -2.38. The number of anilines is 2. The van der Waals surface area contributed by atoms with Gasteiger partial charge in [-0.25, -0.2) is 0 Å². The fraction of sp³-hybridized carbons (Fsp3) is 0.476. The van der Waals surface area contributed by atoms with Gasteiger partial charge in [-0.1, -0.05) is 31.9 Å². The van der Waals surface area contributed by atoms with Crippen LogP contribution in [0.1, 0.15) is 13.3 Å². The van der Waals surface area contributed by atoms with E-state index in [4.69, 9.17) is 4.74 Å². The normalized spacial score (nSPS) is 30.3. The average molecular weight is 571 g/mol. The maximum Gasteiger partial charge on any atom is 0.326 e. The lowest BCUT2D eigenvalue weighted by atomic mass is 9.81. The number of alkyl halides is 2. The summed E-state index contributed by atoms with van der Waals surface area (Å²) in [6, 6.07) is 6.42. The molecular formula is C21H21Br2N3O6. The Balaban J connectivity index is 1.27. The van der Waals surface area contributed by atoms with Crippen LogP contribution in [0.5, 0.6) is 0 Å². The van der Waals surface area contributed by atoms with E-state index in [-0.39, 0.29) is 39.2 Å². The molecule has 1 saturated heterocycles. The molecule has 1 aliphatic heterocycles. The smallest absolute Gasteiger partial charge is 0.326 e. The van der Waals surface area contributed by atoms with Crippen LogP contribution >= 0.6 is 31.9 Å². The summed E-state index contributed by atoms with van der Waals surface area (Å²) in [6.45, 7) is 0.344. The zero-order valence-corrected chi connectivity index (χ0v) is 20.2. The van der Waals surface area contributed by atoms with Gasteiger partial charge < -0.3 is 15.4 Å². The molecule has 0 aromatic heterocycles. The lowest BCUT2D eigenvalue weighted by molar-refractivity contribution is -0.154. The van der Waals surface area contributed by atoms with Crippen molar-refractivity contribution in [2.45, 2.75) is 23.0 Å². The highest BCUT2D eigenvalue weighted by Crippen LogP contribution is 2.60. The number of hydrogen-bond acceptors (Lipinski definition) is 6. The molecule has 2 aliphatic carbocycles. The molecule has 0 radical (unpaired) electrons. The van der Waals surface area contributed by atoms with Gasteiger partial charge in [0.2, 0.25) is 17.7 Å². The van der Waals surface area contributed by atoms with Crippen LogP contribution in [0.25, 0.3) is 0 Å². The van der Waals surface area contributed by atoms with Crippen LogP contribution in [0.2, 0.25) is 0 Å². The number of hydrogen-bond donors (Lipinski definition) is 2. The van der Waals surface area contributed by atoms with Crippen LogP contribution < -0.4 is 10.6 Å². The zero-order chi connectivity index (χ0) is 23.2. The quantitative estimate of drug-likeness (QED) is 0.306. The largest absolute Gasteiger partial charge is 0.454 e. The first-order valence-electron chi connectivity index (χ1n) is 10.1. The monoisotopic (exact) mass is 569 g/mol. The van der Waals surface area contributed by atoms with Gasteiger partial charge in [-0.15, -0.1) is 0 Å². The van der Waals surface area contributed by atoms with E-state index in [1.807, 2.05) is 0 Å². The van der Waals surface area contributed by atoms with Crippen molar-refractivity contribution in [1.82, 2.24) is 4.90 Å². The zero-order valence-electron chi connectivity index (χ0n) is 17.0. The van der Waals surface area contributed by atoms with Gasteiger partial charge in [-0.3, -0.25) is 28.9 Å². The van der Waals surface area contributed by atoms with E-state index in [0.29, 0.717) is 11.4 Å². The summed E-state index contributed by atoms with van der Waals surface area (Å²) in [6.07, 6.45) is 0.808. The third-order valence-electron chi connectivity index (χ3n) is 6.22. The molecular weight excluding hydrogens is 550 g/mol. The van der Waals surface area contributed by atoms with Crippen molar-refractivity contribution in [3.63, 3.8) is 0 Å². The summed E-state index contributed by atoms with van der Waals surface area (Å²) < 4.78 is 4.97. The minimum atomic E-state index is -0.819. The molecule has 3 fully saturated rings. The van der Waals surface area contributed by atoms with Crippen LogP contribution in [0, 0.1) is 23.7 Å². The molecule has 32 heavy (non-hydrogen) atoms. The lowest BCUT2D eigenvalue weighted by Gasteiger charge is -2.28. The van der Waals surface area contributed by atoms with E-state index >= 15 is 0 Å². The van der Waals surface area contributed by atoms with Crippen molar-refractivity contribution in [2.24, 2.45) is 23.7 Å². The maximum atomic E-state index is 12.8. The molecule has 0 spiro atoms. The first kappa shape index (κ1) is 22.9. The average Bonchev–Trinajstić information content (AvgIpc) is 3.34. The molecule has 2 bridgehead atoms. The predicted molar refractivity (Wildman–Crippen MR) is 121 cm³/mol. The van der Waals surface area contributed by atoms with Crippen molar-refractivity contribution in [3.05, 3.63) is 24.3 Å². The topological polar surface area (TPSA) is 122 Å².